The molecule has 2 rings (SSSR count). The number of benzene rings is 1. The van der Waals surface area contributed by atoms with Crippen LogP contribution in [0.15, 0.2) is 24.3 Å². The molecule has 1 aromatic rings. The van der Waals surface area contributed by atoms with Gasteiger partial charge in [-0.25, -0.2) is 5.48 Å². The summed E-state index contributed by atoms with van der Waals surface area (Å²) < 4.78 is 0. The zero-order chi connectivity index (χ0) is 16.5. The second-order valence-electron chi connectivity index (χ2n) is 6.53. The molecule has 2 amide bonds. The molecule has 5 nitrogen and oxygen atoms in total. The molecular formula is C17H24N2O3. The summed E-state index contributed by atoms with van der Waals surface area (Å²) in [4.78, 5) is 26.3. The van der Waals surface area contributed by atoms with Crippen LogP contribution in [0.1, 0.15) is 37.8 Å². The molecule has 2 N–H and O–H groups in total. The van der Waals surface area contributed by atoms with E-state index in [4.69, 9.17) is 5.21 Å². The maximum atomic E-state index is 12.9. The van der Waals surface area contributed by atoms with Crippen LogP contribution in [0.5, 0.6) is 0 Å². The lowest BCUT2D eigenvalue weighted by molar-refractivity contribution is -0.146. The highest BCUT2D eigenvalue weighted by Gasteiger charge is 2.53. The van der Waals surface area contributed by atoms with Crippen LogP contribution in [0.2, 0.25) is 0 Å². The van der Waals surface area contributed by atoms with E-state index in [0.717, 1.165) is 24.0 Å². The molecule has 0 heterocycles. The van der Waals surface area contributed by atoms with Crippen LogP contribution in [-0.2, 0) is 15.0 Å². The van der Waals surface area contributed by atoms with Gasteiger partial charge in [0.25, 0.3) is 5.91 Å². The average Bonchev–Trinajstić information content (AvgIpc) is 3.28. The third-order valence-corrected chi connectivity index (χ3v) is 4.51. The quantitative estimate of drug-likeness (QED) is 0.646. The molecule has 1 unspecified atom stereocenters. The van der Waals surface area contributed by atoms with Crippen molar-refractivity contribution in [1.82, 2.24) is 10.4 Å². The lowest BCUT2D eigenvalue weighted by Gasteiger charge is -2.32. The molecule has 1 aliphatic carbocycles. The van der Waals surface area contributed by atoms with E-state index in [1.807, 2.05) is 45.0 Å². The largest absolute Gasteiger partial charge is 0.333 e. The van der Waals surface area contributed by atoms with E-state index in [1.165, 1.54) is 4.90 Å². The van der Waals surface area contributed by atoms with E-state index in [1.54, 1.807) is 12.5 Å². The van der Waals surface area contributed by atoms with Gasteiger partial charge in [-0.05, 0) is 31.2 Å². The Morgan fingerprint density at radius 3 is 2.18 bits per heavy atom. The van der Waals surface area contributed by atoms with Crippen molar-refractivity contribution in [3.8, 4) is 0 Å². The summed E-state index contributed by atoms with van der Waals surface area (Å²) in [7, 11) is 1.64. The van der Waals surface area contributed by atoms with Crippen molar-refractivity contribution in [1.29, 1.82) is 0 Å². The first-order valence-electron chi connectivity index (χ1n) is 7.62. The molecule has 0 saturated heterocycles. The van der Waals surface area contributed by atoms with Gasteiger partial charge in [-0.3, -0.25) is 14.8 Å². The second-order valence-corrected chi connectivity index (χ2v) is 6.53. The van der Waals surface area contributed by atoms with Crippen molar-refractivity contribution in [2.24, 2.45) is 5.92 Å². The Hall–Kier alpha value is -1.88. The molecule has 1 aromatic carbocycles. The summed E-state index contributed by atoms with van der Waals surface area (Å²) in [6, 6.07) is 7.31. The van der Waals surface area contributed by atoms with Crippen LogP contribution < -0.4 is 5.48 Å². The monoisotopic (exact) mass is 304 g/mol. The van der Waals surface area contributed by atoms with Crippen molar-refractivity contribution >= 4 is 11.8 Å². The first-order chi connectivity index (χ1) is 10.3. The van der Waals surface area contributed by atoms with Gasteiger partial charge in [-0.15, -0.1) is 0 Å². The van der Waals surface area contributed by atoms with E-state index in [0.29, 0.717) is 0 Å². The molecule has 0 spiro atoms. The molecule has 0 bridgehead atoms. The maximum absolute atomic E-state index is 12.9. The van der Waals surface area contributed by atoms with Gasteiger partial charge in [0, 0.05) is 7.05 Å². The summed E-state index contributed by atoms with van der Waals surface area (Å²) >= 11 is 0. The molecule has 5 heteroatoms. The number of nitrogens with zero attached hydrogens (tertiary/aromatic N) is 1. The fraction of sp³-hybridized carbons (Fsp3) is 0.529. The summed E-state index contributed by atoms with van der Waals surface area (Å²) in [5.74, 6) is -0.695. The minimum absolute atomic E-state index is 0.0568. The lowest BCUT2D eigenvalue weighted by Crippen LogP contribution is -2.52. The number of rotatable bonds is 5. The van der Waals surface area contributed by atoms with Crippen LogP contribution in [0, 0.1) is 12.8 Å². The molecular weight excluding hydrogens is 280 g/mol. The number of hydrogen-bond donors (Lipinski definition) is 2. The van der Waals surface area contributed by atoms with Gasteiger partial charge in [0.1, 0.15) is 6.04 Å². The number of aryl methyl sites for hydroxylation is 1. The Kier molecular flexibility index (Phi) is 4.56. The number of carbonyl (C=O) groups is 2. The topological polar surface area (TPSA) is 69.6 Å². The Morgan fingerprint density at radius 2 is 1.77 bits per heavy atom. The predicted octanol–water partition coefficient (Wildman–Crippen LogP) is 2.02. The number of hydrogen-bond acceptors (Lipinski definition) is 3. The van der Waals surface area contributed by atoms with Gasteiger partial charge in [0.2, 0.25) is 5.91 Å². The summed E-state index contributed by atoms with van der Waals surface area (Å²) in [5, 5.41) is 8.91. The zero-order valence-corrected chi connectivity index (χ0v) is 13.6. The van der Waals surface area contributed by atoms with Crippen LogP contribution in [0.3, 0.4) is 0 Å². The van der Waals surface area contributed by atoms with Crippen molar-refractivity contribution in [3.63, 3.8) is 0 Å². The molecule has 0 aliphatic heterocycles. The summed E-state index contributed by atoms with van der Waals surface area (Å²) in [6.45, 7) is 5.72. The molecule has 1 fully saturated rings. The summed E-state index contributed by atoms with van der Waals surface area (Å²) in [6.07, 6.45) is 1.59. The number of likely N-dealkylation sites (N-methyl/N-ethyl adjacent to an activating group) is 1. The van der Waals surface area contributed by atoms with Crippen molar-refractivity contribution < 1.29 is 14.8 Å². The first-order valence-corrected chi connectivity index (χ1v) is 7.62. The molecule has 1 aliphatic rings. The van der Waals surface area contributed by atoms with Gasteiger partial charge in [0.15, 0.2) is 0 Å². The SMILES string of the molecule is Cc1ccc(C2(C(=O)N(C)C(C(=O)NO)C(C)C)CC2)cc1. The minimum atomic E-state index is -0.680. The molecule has 22 heavy (non-hydrogen) atoms. The fourth-order valence-electron chi connectivity index (χ4n) is 3.08. The Balaban J connectivity index is 2.26. The third kappa shape index (κ3) is 2.86. The van der Waals surface area contributed by atoms with Gasteiger partial charge < -0.3 is 4.90 Å². The Labute approximate surface area is 131 Å². The van der Waals surface area contributed by atoms with Crippen molar-refractivity contribution in [2.45, 2.75) is 45.1 Å². The Bertz CT molecular complexity index is 562. The van der Waals surface area contributed by atoms with Crippen molar-refractivity contribution in [3.05, 3.63) is 35.4 Å². The van der Waals surface area contributed by atoms with E-state index < -0.39 is 17.4 Å². The minimum Gasteiger partial charge on any atom is -0.333 e. The fourth-order valence-corrected chi connectivity index (χ4v) is 3.08. The number of amides is 2. The van der Waals surface area contributed by atoms with E-state index in [-0.39, 0.29) is 11.8 Å². The zero-order valence-electron chi connectivity index (χ0n) is 13.6. The second kappa shape index (κ2) is 6.08. The van der Waals surface area contributed by atoms with Crippen LogP contribution in [-0.4, -0.2) is 35.0 Å². The third-order valence-electron chi connectivity index (χ3n) is 4.51. The highest BCUT2D eigenvalue weighted by atomic mass is 16.5. The number of hydroxylamine groups is 1. The lowest BCUT2D eigenvalue weighted by atomic mass is 9.92. The predicted molar refractivity (Wildman–Crippen MR) is 83.4 cm³/mol. The van der Waals surface area contributed by atoms with Crippen LogP contribution >= 0.6 is 0 Å². The highest BCUT2D eigenvalue weighted by Crippen LogP contribution is 2.49. The smallest absolute Gasteiger partial charge is 0.266 e. The standard InChI is InChI=1S/C17H24N2O3/c1-11(2)14(15(20)18-22)19(4)16(21)17(9-10-17)13-7-5-12(3)6-8-13/h5-8,11,14,22H,9-10H2,1-4H3,(H,18,20). The molecule has 1 saturated carbocycles. The van der Waals surface area contributed by atoms with Gasteiger partial charge in [-0.2, -0.15) is 0 Å². The Morgan fingerprint density at radius 1 is 1.23 bits per heavy atom. The van der Waals surface area contributed by atoms with E-state index in [2.05, 4.69) is 0 Å². The summed E-state index contributed by atoms with van der Waals surface area (Å²) in [5.41, 5.74) is 3.31. The average molecular weight is 304 g/mol. The van der Waals surface area contributed by atoms with E-state index in [9.17, 15) is 9.59 Å². The highest BCUT2D eigenvalue weighted by molar-refractivity contribution is 5.95. The molecule has 1 atom stereocenters. The van der Waals surface area contributed by atoms with Crippen molar-refractivity contribution in [2.75, 3.05) is 7.05 Å². The van der Waals surface area contributed by atoms with E-state index >= 15 is 0 Å². The normalized spacial score (nSPS) is 17.0. The molecule has 0 aromatic heterocycles. The van der Waals surface area contributed by atoms with Crippen LogP contribution in [0.4, 0.5) is 0 Å². The van der Waals surface area contributed by atoms with Gasteiger partial charge >= 0.3 is 0 Å². The molecule has 120 valence electrons. The molecule has 0 radical (unpaired) electrons. The van der Waals surface area contributed by atoms with Crippen LogP contribution in [0.25, 0.3) is 0 Å². The maximum Gasteiger partial charge on any atom is 0.266 e. The number of nitrogens with one attached hydrogen (secondary N) is 1. The first kappa shape index (κ1) is 16.5. The van der Waals surface area contributed by atoms with Gasteiger partial charge in [-0.1, -0.05) is 43.7 Å². The number of carbonyl (C=O) groups excluding carboxylic acids is 2. The van der Waals surface area contributed by atoms with Gasteiger partial charge in [0.05, 0.1) is 5.41 Å².